The molecule has 0 unspecified atom stereocenters. The van der Waals surface area contributed by atoms with E-state index in [0.717, 1.165) is 10.7 Å². The fourth-order valence-electron chi connectivity index (χ4n) is 3.11. The molecular weight excluding hydrogens is 459 g/mol. The zero-order valence-corrected chi connectivity index (χ0v) is 17.9. The molecule has 0 saturated carbocycles. The van der Waals surface area contributed by atoms with E-state index >= 15 is 0 Å². The van der Waals surface area contributed by atoms with E-state index < -0.39 is 11.9 Å². The Morgan fingerprint density at radius 1 is 0.969 bits per heavy atom. The van der Waals surface area contributed by atoms with Gasteiger partial charge in [0.15, 0.2) is 5.69 Å². The quantitative estimate of drug-likeness (QED) is 0.322. The van der Waals surface area contributed by atoms with Gasteiger partial charge in [-0.1, -0.05) is 41.9 Å². The van der Waals surface area contributed by atoms with Crippen molar-refractivity contribution in [1.82, 2.24) is 9.78 Å². The highest BCUT2D eigenvalue weighted by Gasteiger charge is 2.35. The number of thiol groups is 1. The molecule has 1 aromatic heterocycles. The van der Waals surface area contributed by atoms with Gasteiger partial charge in [-0.25, -0.2) is 4.68 Å². The van der Waals surface area contributed by atoms with Crippen molar-refractivity contribution in [2.24, 2.45) is 0 Å². The van der Waals surface area contributed by atoms with Crippen molar-refractivity contribution in [2.45, 2.75) is 11.1 Å². The molecule has 9 heteroatoms. The molecule has 0 radical (unpaired) electrons. The van der Waals surface area contributed by atoms with Crippen LogP contribution in [0.5, 0.6) is 0 Å². The number of para-hydroxylation sites is 1. The molecule has 0 aliphatic rings. The molecule has 0 aliphatic heterocycles. The summed E-state index contributed by atoms with van der Waals surface area (Å²) in [6, 6.07) is 20.6. The standard InChI is InChI=1S/C23H15ClF3N3OS/c24-18-6-1-2-7-19(18)30-20(13-21(29-30)23(25,26)27)14-8-10-15(11-9-14)22(31)28-16-4-3-5-17(32)12-16/h1-13,32H,(H,28,31). The van der Waals surface area contributed by atoms with Crippen LogP contribution in [0.4, 0.5) is 18.9 Å². The van der Waals surface area contributed by atoms with Crippen molar-refractivity contribution in [3.63, 3.8) is 0 Å². The molecule has 4 nitrogen and oxygen atoms in total. The number of benzene rings is 3. The predicted molar refractivity (Wildman–Crippen MR) is 121 cm³/mol. The molecule has 0 atom stereocenters. The number of nitrogens with one attached hydrogen (secondary N) is 1. The number of nitrogens with zero attached hydrogens (tertiary/aromatic N) is 2. The zero-order valence-electron chi connectivity index (χ0n) is 16.3. The minimum Gasteiger partial charge on any atom is -0.322 e. The van der Waals surface area contributed by atoms with E-state index in [1.54, 1.807) is 60.7 Å². The Kier molecular flexibility index (Phi) is 5.99. The lowest BCUT2D eigenvalue weighted by Gasteiger charge is -2.10. The van der Waals surface area contributed by atoms with Crippen LogP contribution in [-0.2, 0) is 6.18 Å². The van der Waals surface area contributed by atoms with Crippen molar-refractivity contribution < 1.29 is 18.0 Å². The minimum absolute atomic E-state index is 0.195. The predicted octanol–water partition coefficient (Wildman–Crippen LogP) is 6.75. The van der Waals surface area contributed by atoms with E-state index in [9.17, 15) is 18.0 Å². The van der Waals surface area contributed by atoms with Gasteiger partial charge >= 0.3 is 6.18 Å². The fourth-order valence-corrected chi connectivity index (χ4v) is 3.55. The third-order valence-corrected chi connectivity index (χ3v) is 5.23. The number of carbonyl (C=O) groups excluding carboxylic acids is 1. The second kappa shape index (κ2) is 8.72. The summed E-state index contributed by atoms with van der Waals surface area (Å²) in [5.41, 5.74) is 0.840. The molecule has 1 amide bonds. The van der Waals surface area contributed by atoms with Crippen molar-refractivity contribution in [2.75, 3.05) is 5.32 Å². The Morgan fingerprint density at radius 3 is 2.34 bits per heavy atom. The molecule has 1 heterocycles. The summed E-state index contributed by atoms with van der Waals surface area (Å²) in [5, 5.41) is 6.74. The average Bonchev–Trinajstić information content (AvgIpc) is 3.20. The minimum atomic E-state index is -4.62. The van der Waals surface area contributed by atoms with Crippen molar-refractivity contribution in [3.8, 4) is 16.9 Å². The van der Waals surface area contributed by atoms with Crippen molar-refractivity contribution in [3.05, 3.63) is 95.1 Å². The SMILES string of the molecule is O=C(Nc1cccc(S)c1)c1ccc(-c2cc(C(F)(F)F)nn2-c2ccccc2Cl)cc1. The first-order valence-corrected chi connectivity index (χ1v) is 10.2. The maximum Gasteiger partial charge on any atom is 0.435 e. The molecule has 4 aromatic rings. The Balaban J connectivity index is 1.68. The molecule has 0 spiro atoms. The second-order valence-corrected chi connectivity index (χ2v) is 7.78. The molecule has 32 heavy (non-hydrogen) atoms. The van der Waals surface area contributed by atoms with Gasteiger partial charge in [-0.3, -0.25) is 4.79 Å². The van der Waals surface area contributed by atoms with Crippen LogP contribution in [0.15, 0.2) is 83.8 Å². The molecule has 0 aliphatic carbocycles. The Bertz CT molecular complexity index is 1290. The zero-order chi connectivity index (χ0) is 22.9. The van der Waals surface area contributed by atoms with Gasteiger partial charge in [-0.2, -0.15) is 18.3 Å². The summed E-state index contributed by atoms with van der Waals surface area (Å²) >= 11 is 10.4. The van der Waals surface area contributed by atoms with E-state index in [1.807, 2.05) is 0 Å². The molecule has 0 fully saturated rings. The maximum absolute atomic E-state index is 13.4. The molecule has 3 aromatic carbocycles. The number of halogens is 4. The number of alkyl halides is 3. The van der Waals surface area contributed by atoms with E-state index in [4.69, 9.17) is 11.6 Å². The van der Waals surface area contributed by atoms with Crippen LogP contribution >= 0.6 is 24.2 Å². The maximum atomic E-state index is 13.4. The summed E-state index contributed by atoms with van der Waals surface area (Å²) in [6.45, 7) is 0. The summed E-state index contributed by atoms with van der Waals surface area (Å²) in [6.07, 6.45) is -4.62. The third kappa shape index (κ3) is 4.66. The second-order valence-electron chi connectivity index (χ2n) is 6.86. The summed E-state index contributed by atoms with van der Waals surface area (Å²) < 4.78 is 41.2. The highest BCUT2D eigenvalue weighted by atomic mass is 35.5. The summed E-state index contributed by atoms with van der Waals surface area (Å²) in [7, 11) is 0. The smallest absolute Gasteiger partial charge is 0.322 e. The lowest BCUT2D eigenvalue weighted by atomic mass is 10.1. The van der Waals surface area contributed by atoms with Gasteiger partial charge in [0, 0.05) is 21.7 Å². The summed E-state index contributed by atoms with van der Waals surface area (Å²) in [4.78, 5) is 13.2. The van der Waals surface area contributed by atoms with Gasteiger partial charge < -0.3 is 5.32 Å². The topological polar surface area (TPSA) is 46.9 Å². The highest BCUT2D eigenvalue weighted by Crippen LogP contribution is 2.34. The first-order chi connectivity index (χ1) is 15.2. The first-order valence-electron chi connectivity index (χ1n) is 9.35. The monoisotopic (exact) mass is 473 g/mol. The van der Waals surface area contributed by atoms with Crippen LogP contribution in [0.3, 0.4) is 0 Å². The highest BCUT2D eigenvalue weighted by molar-refractivity contribution is 7.80. The van der Waals surface area contributed by atoms with Gasteiger partial charge in [0.1, 0.15) is 0 Å². The van der Waals surface area contributed by atoms with Crippen LogP contribution < -0.4 is 5.32 Å². The largest absolute Gasteiger partial charge is 0.435 e. The number of hydrogen-bond acceptors (Lipinski definition) is 3. The van der Waals surface area contributed by atoms with Crippen molar-refractivity contribution in [1.29, 1.82) is 0 Å². The molecule has 4 rings (SSSR count). The molecular formula is C23H15ClF3N3OS. The van der Waals surface area contributed by atoms with E-state index in [-0.39, 0.29) is 16.6 Å². The lowest BCUT2D eigenvalue weighted by molar-refractivity contribution is -0.141. The van der Waals surface area contributed by atoms with Gasteiger partial charge in [0.2, 0.25) is 0 Å². The molecule has 0 saturated heterocycles. The number of carbonyl (C=O) groups is 1. The van der Waals surface area contributed by atoms with Crippen LogP contribution in [0.2, 0.25) is 5.02 Å². The Labute approximate surface area is 192 Å². The van der Waals surface area contributed by atoms with Gasteiger partial charge in [0.25, 0.3) is 5.91 Å². The van der Waals surface area contributed by atoms with Crippen LogP contribution in [-0.4, -0.2) is 15.7 Å². The van der Waals surface area contributed by atoms with Crippen LogP contribution in [0.25, 0.3) is 16.9 Å². The Morgan fingerprint density at radius 2 is 1.69 bits per heavy atom. The third-order valence-electron chi connectivity index (χ3n) is 4.63. The molecule has 1 N–H and O–H groups in total. The van der Waals surface area contributed by atoms with Crippen molar-refractivity contribution >= 4 is 35.8 Å². The number of anilines is 1. The van der Waals surface area contributed by atoms with E-state index in [2.05, 4.69) is 23.0 Å². The number of aromatic nitrogens is 2. The number of rotatable bonds is 4. The number of amides is 1. The molecule has 0 bridgehead atoms. The Hall–Kier alpha value is -3.23. The number of hydrogen-bond donors (Lipinski definition) is 2. The first kappa shape index (κ1) is 22.0. The van der Waals surface area contributed by atoms with Gasteiger partial charge in [-0.15, -0.1) is 12.6 Å². The lowest BCUT2D eigenvalue weighted by Crippen LogP contribution is -2.11. The van der Waals surface area contributed by atoms with Gasteiger partial charge in [0.05, 0.1) is 16.4 Å². The van der Waals surface area contributed by atoms with Gasteiger partial charge in [-0.05, 0) is 48.5 Å². The van der Waals surface area contributed by atoms with Crippen LogP contribution in [0, 0.1) is 0 Å². The van der Waals surface area contributed by atoms with E-state index in [1.165, 1.54) is 12.1 Å². The molecule has 162 valence electrons. The normalized spacial score (nSPS) is 11.4. The summed E-state index contributed by atoms with van der Waals surface area (Å²) in [5.74, 6) is -0.355. The van der Waals surface area contributed by atoms with E-state index in [0.29, 0.717) is 27.4 Å². The van der Waals surface area contributed by atoms with Crippen LogP contribution in [0.1, 0.15) is 16.1 Å². The average molecular weight is 474 g/mol. The fraction of sp³-hybridized carbons (Fsp3) is 0.0435.